The molecule has 25 heavy (non-hydrogen) atoms. The molecular formula is C18H22N6O. The number of aromatic amines is 1. The van der Waals surface area contributed by atoms with Gasteiger partial charge in [-0.25, -0.2) is 5.10 Å². The van der Waals surface area contributed by atoms with Crippen LogP contribution in [0.25, 0.3) is 10.8 Å². The van der Waals surface area contributed by atoms with Crippen LogP contribution in [0.15, 0.2) is 42.5 Å². The van der Waals surface area contributed by atoms with Gasteiger partial charge in [0.15, 0.2) is 0 Å². The molecular weight excluding hydrogens is 316 g/mol. The molecule has 4 rings (SSSR count). The summed E-state index contributed by atoms with van der Waals surface area (Å²) in [7, 11) is 0. The first-order chi connectivity index (χ1) is 12.3. The van der Waals surface area contributed by atoms with Gasteiger partial charge in [0.2, 0.25) is 11.9 Å². The quantitative estimate of drug-likeness (QED) is 0.737. The van der Waals surface area contributed by atoms with Crippen LogP contribution in [0.1, 0.15) is 0 Å². The lowest BCUT2D eigenvalue weighted by atomic mass is 10.1. The second-order valence-electron chi connectivity index (χ2n) is 6.21. The Labute approximate surface area is 146 Å². The van der Waals surface area contributed by atoms with E-state index < -0.39 is 0 Å². The Hall–Kier alpha value is -2.80. The average molecular weight is 338 g/mol. The number of nitrogens with zero attached hydrogens (tertiary/aromatic N) is 4. The fourth-order valence-corrected chi connectivity index (χ4v) is 3.13. The number of nitrogens with two attached hydrogens (primary N) is 1. The SMILES string of the molecule is Nc1nc(N2CCN(CCOc3ccc4ccccc4c3)CC2)n[nH]1. The van der Waals surface area contributed by atoms with E-state index >= 15 is 0 Å². The molecule has 3 N–H and O–H groups in total. The van der Waals surface area contributed by atoms with Gasteiger partial charge in [0.25, 0.3) is 0 Å². The Morgan fingerprint density at radius 3 is 2.60 bits per heavy atom. The summed E-state index contributed by atoms with van der Waals surface area (Å²) in [5.41, 5.74) is 5.59. The molecule has 1 aromatic heterocycles. The van der Waals surface area contributed by atoms with Crippen LogP contribution in [-0.4, -0.2) is 59.4 Å². The summed E-state index contributed by atoms with van der Waals surface area (Å²) < 4.78 is 5.93. The zero-order valence-corrected chi connectivity index (χ0v) is 14.1. The first-order valence-electron chi connectivity index (χ1n) is 8.55. The summed E-state index contributed by atoms with van der Waals surface area (Å²) in [6.07, 6.45) is 0. The van der Waals surface area contributed by atoms with Crippen molar-refractivity contribution in [2.24, 2.45) is 0 Å². The molecule has 0 radical (unpaired) electrons. The van der Waals surface area contributed by atoms with Crippen LogP contribution >= 0.6 is 0 Å². The number of benzene rings is 2. The van der Waals surface area contributed by atoms with Crippen molar-refractivity contribution >= 4 is 22.7 Å². The predicted molar refractivity (Wildman–Crippen MR) is 98.9 cm³/mol. The number of anilines is 2. The maximum absolute atomic E-state index is 5.93. The van der Waals surface area contributed by atoms with Crippen molar-refractivity contribution in [1.29, 1.82) is 0 Å². The minimum atomic E-state index is 0.362. The number of ether oxygens (including phenoxy) is 1. The molecule has 0 amide bonds. The molecule has 1 fully saturated rings. The monoisotopic (exact) mass is 338 g/mol. The zero-order chi connectivity index (χ0) is 17.1. The predicted octanol–water partition coefficient (Wildman–Crippen LogP) is 1.74. The maximum atomic E-state index is 5.93. The smallest absolute Gasteiger partial charge is 0.246 e. The highest BCUT2D eigenvalue weighted by Crippen LogP contribution is 2.20. The van der Waals surface area contributed by atoms with Crippen LogP contribution in [0.5, 0.6) is 5.75 Å². The lowest BCUT2D eigenvalue weighted by Gasteiger charge is -2.33. The molecule has 1 aliphatic rings. The van der Waals surface area contributed by atoms with Gasteiger partial charge in [-0.1, -0.05) is 30.3 Å². The Bertz CT molecular complexity index is 840. The van der Waals surface area contributed by atoms with Crippen molar-refractivity contribution in [3.05, 3.63) is 42.5 Å². The molecule has 1 saturated heterocycles. The van der Waals surface area contributed by atoms with Crippen molar-refractivity contribution in [3.8, 4) is 5.75 Å². The Balaban J connectivity index is 1.25. The largest absolute Gasteiger partial charge is 0.492 e. The Morgan fingerprint density at radius 2 is 1.84 bits per heavy atom. The third-order valence-electron chi connectivity index (χ3n) is 4.54. The number of fused-ring (bicyclic) bond motifs is 1. The van der Waals surface area contributed by atoms with E-state index in [1.54, 1.807) is 0 Å². The molecule has 2 aromatic carbocycles. The summed E-state index contributed by atoms with van der Waals surface area (Å²) >= 11 is 0. The molecule has 7 heteroatoms. The van der Waals surface area contributed by atoms with Gasteiger partial charge >= 0.3 is 0 Å². The number of hydrogen-bond donors (Lipinski definition) is 2. The van der Waals surface area contributed by atoms with Gasteiger partial charge in [0.05, 0.1) is 0 Å². The van der Waals surface area contributed by atoms with E-state index in [1.165, 1.54) is 10.8 Å². The fraction of sp³-hybridized carbons (Fsp3) is 0.333. The number of nitrogen functional groups attached to an aromatic ring is 1. The Kier molecular flexibility index (Phi) is 4.39. The fourth-order valence-electron chi connectivity index (χ4n) is 3.13. The molecule has 0 aliphatic carbocycles. The number of piperazine rings is 1. The van der Waals surface area contributed by atoms with Crippen molar-refractivity contribution in [2.75, 3.05) is 50.0 Å². The normalized spacial score (nSPS) is 15.6. The van der Waals surface area contributed by atoms with E-state index in [4.69, 9.17) is 10.5 Å². The summed E-state index contributed by atoms with van der Waals surface area (Å²) in [5.74, 6) is 1.97. The van der Waals surface area contributed by atoms with Crippen LogP contribution in [0, 0.1) is 0 Å². The highest BCUT2D eigenvalue weighted by atomic mass is 16.5. The van der Waals surface area contributed by atoms with E-state index in [0.29, 0.717) is 18.5 Å². The topological polar surface area (TPSA) is 83.3 Å². The second-order valence-corrected chi connectivity index (χ2v) is 6.21. The molecule has 3 aromatic rings. The van der Waals surface area contributed by atoms with Crippen LogP contribution < -0.4 is 15.4 Å². The van der Waals surface area contributed by atoms with Gasteiger partial charge in [-0.15, -0.1) is 5.10 Å². The van der Waals surface area contributed by atoms with E-state index in [0.717, 1.165) is 38.5 Å². The van der Waals surface area contributed by atoms with Crippen LogP contribution in [0.2, 0.25) is 0 Å². The summed E-state index contributed by atoms with van der Waals surface area (Å²) in [6.45, 7) is 5.33. The molecule has 0 atom stereocenters. The van der Waals surface area contributed by atoms with Crippen molar-refractivity contribution < 1.29 is 4.74 Å². The molecule has 130 valence electrons. The van der Waals surface area contributed by atoms with Crippen LogP contribution in [0.3, 0.4) is 0 Å². The molecule has 0 bridgehead atoms. The van der Waals surface area contributed by atoms with E-state index in [2.05, 4.69) is 55.3 Å². The van der Waals surface area contributed by atoms with E-state index in [-0.39, 0.29) is 0 Å². The molecule has 0 unspecified atom stereocenters. The second kappa shape index (κ2) is 6.98. The number of H-pyrrole nitrogens is 1. The van der Waals surface area contributed by atoms with Crippen molar-refractivity contribution in [3.63, 3.8) is 0 Å². The highest BCUT2D eigenvalue weighted by molar-refractivity contribution is 5.83. The van der Waals surface area contributed by atoms with E-state index in [9.17, 15) is 0 Å². The van der Waals surface area contributed by atoms with Crippen LogP contribution in [0.4, 0.5) is 11.9 Å². The number of nitrogens with one attached hydrogen (secondary N) is 1. The van der Waals surface area contributed by atoms with Gasteiger partial charge in [-0.2, -0.15) is 4.98 Å². The summed E-state index contributed by atoms with van der Waals surface area (Å²) in [5, 5.41) is 9.24. The third-order valence-corrected chi connectivity index (χ3v) is 4.54. The maximum Gasteiger partial charge on any atom is 0.246 e. The lowest BCUT2D eigenvalue weighted by molar-refractivity contribution is 0.200. The molecule has 0 saturated carbocycles. The standard InChI is InChI=1S/C18H22N6O/c19-17-20-18(22-21-17)24-9-7-23(8-10-24)11-12-25-16-6-5-14-3-1-2-4-15(14)13-16/h1-6,13H,7-12H2,(H3,19,20,21,22). The van der Waals surface area contributed by atoms with E-state index in [1.807, 2.05) is 12.1 Å². The average Bonchev–Trinajstić information content (AvgIpc) is 3.09. The first kappa shape index (κ1) is 15.7. The zero-order valence-electron chi connectivity index (χ0n) is 14.1. The number of rotatable bonds is 5. The Morgan fingerprint density at radius 1 is 1.04 bits per heavy atom. The number of aromatic nitrogens is 3. The lowest BCUT2D eigenvalue weighted by Crippen LogP contribution is -2.47. The van der Waals surface area contributed by atoms with Crippen LogP contribution in [-0.2, 0) is 0 Å². The van der Waals surface area contributed by atoms with Gasteiger partial charge in [-0.3, -0.25) is 4.90 Å². The van der Waals surface area contributed by atoms with Gasteiger partial charge < -0.3 is 15.4 Å². The first-order valence-corrected chi connectivity index (χ1v) is 8.55. The number of hydrogen-bond acceptors (Lipinski definition) is 6. The van der Waals surface area contributed by atoms with Crippen molar-refractivity contribution in [1.82, 2.24) is 20.1 Å². The van der Waals surface area contributed by atoms with Crippen molar-refractivity contribution in [2.45, 2.75) is 0 Å². The summed E-state index contributed by atoms with van der Waals surface area (Å²) in [4.78, 5) is 8.72. The minimum absolute atomic E-state index is 0.362. The summed E-state index contributed by atoms with van der Waals surface area (Å²) in [6, 6.07) is 14.6. The highest BCUT2D eigenvalue weighted by Gasteiger charge is 2.19. The minimum Gasteiger partial charge on any atom is -0.492 e. The van der Waals surface area contributed by atoms with Gasteiger partial charge in [0.1, 0.15) is 12.4 Å². The molecule has 7 nitrogen and oxygen atoms in total. The van der Waals surface area contributed by atoms with Gasteiger partial charge in [0, 0.05) is 32.7 Å². The molecule has 1 aliphatic heterocycles. The molecule has 2 heterocycles. The molecule has 0 spiro atoms. The van der Waals surface area contributed by atoms with Gasteiger partial charge in [-0.05, 0) is 22.9 Å². The third kappa shape index (κ3) is 3.66.